The summed E-state index contributed by atoms with van der Waals surface area (Å²) in [5.41, 5.74) is 1.28. The highest BCUT2D eigenvalue weighted by atomic mass is 16.2. The van der Waals surface area contributed by atoms with Crippen LogP contribution < -0.4 is 10.6 Å². The lowest BCUT2D eigenvalue weighted by molar-refractivity contribution is -0.150. The summed E-state index contributed by atoms with van der Waals surface area (Å²) in [6.45, 7) is 5.51. The van der Waals surface area contributed by atoms with Gasteiger partial charge in [-0.15, -0.1) is 0 Å². The number of rotatable bonds is 1. The zero-order valence-corrected chi connectivity index (χ0v) is 12.5. The van der Waals surface area contributed by atoms with Crippen LogP contribution in [0.3, 0.4) is 0 Å². The van der Waals surface area contributed by atoms with Crippen molar-refractivity contribution in [3.8, 4) is 0 Å². The van der Waals surface area contributed by atoms with Gasteiger partial charge in [-0.05, 0) is 31.9 Å². The molecule has 0 aromatic heterocycles. The van der Waals surface area contributed by atoms with E-state index in [9.17, 15) is 9.59 Å². The average Bonchev–Trinajstić information content (AvgIpc) is 2.49. The summed E-state index contributed by atoms with van der Waals surface area (Å²) >= 11 is 0. The molecule has 112 valence electrons. The maximum Gasteiger partial charge on any atom is 0.245 e. The molecule has 0 radical (unpaired) electrons. The van der Waals surface area contributed by atoms with Crippen molar-refractivity contribution in [2.24, 2.45) is 0 Å². The van der Waals surface area contributed by atoms with Crippen LogP contribution in [0.5, 0.6) is 0 Å². The lowest BCUT2D eigenvalue weighted by Crippen LogP contribution is -2.64. The number of carbonyl (C=O) groups excluding carboxylic acids is 2. The molecule has 0 aliphatic carbocycles. The number of para-hydroxylation sites is 1. The predicted octanol–water partition coefficient (Wildman–Crippen LogP) is 1.32. The number of hydrogen-bond acceptors (Lipinski definition) is 3. The number of nitrogens with one attached hydrogen (secondary N) is 2. The van der Waals surface area contributed by atoms with Crippen LogP contribution in [0.2, 0.25) is 0 Å². The van der Waals surface area contributed by atoms with Crippen LogP contribution in [-0.2, 0) is 9.59 Å². The van der Waals surface area contributed by atoms with E-state index in [-0.39, 0.29) is 17.7 Å². The molecule has 3 rings (SSSR count). The van der Waals surface area contributed by atoms with Crippen molar-refractivity contribution in [1.29, 1.82) is 0 Å². The van der Waals surface area contributed by atoms with E-state index in [1.165, 1.54) is 0 Å². The summed E-state index contributed by atoms with van der Waals surface area (Å²) in [4.78, 5) is 26.8. The van der Waals surface area contributed by atoms with Crippen LogP contribution in [0.15, 0.2) is 24.3 Å². The minimum absolute atomic E-state index is 0.0591. The van der Waals surface area contributed by atoms with Gasteiger partial charge in [-0.2, -0.15) is 0 Å². The molecule has 2 amide bonds. The number of amides is 2. The second kappa shape index (κ2) is 5.06. The summed E-state index contributed by atoms with van der Waals surface area (Å²) in [6, 6.07) is 7.93. The highest BCUT2D eigenvalue weighted by Gasteiger charge is 2.43. The van der Waals surface area contributed by atoms with Gasteiger partial charge in [0.2, 0.25) is 11.8 Å². The Labute approximate surface area is 124 Å². The second-order valence-electron chi connectivity index (χ2n) is 6.16. The fourth-order valence-corrected chi connectivity index (χ4v) is 3.20. The molecule has 1 unspecified atom stereocenters. The highest BCUT2D eigenvalue weighted by Crippen LogP contribution is 2.34. The number of carbonyl (C=O) groups is 2. The Morgan fingerprint density at radius 1 is 1.24 bits per heavy atom. The molecular formula is C16H21N3O2. The zero-order chi connectivity index (χ0) is 15.0. The molecule has 0 saturated carbocycles. The van der Waals surface area contributed by atoms with Crippen LogP contribution in [0.4, 0.5) is 5.69 Å². The van der Waals surface area contributed by atoms with Crippen LogP contribution in [-0.4, -0.2) is 41.9 Å². The van der Waals surface area contributed by atoms with Crippen molar-refractivity contribution >= 4 is 17.5 Å². The molecule has 1 aromatic carbocycles. The third-order valence-corrected chi connectivity index (χ3v) is 4.50. The van der Waals surface area contributed by atoms with E-state index in [0.29, 0.717) is 13.1 Å². The Balaban J connectivity index is 1.91. The van der Waals surface area contributed by atoms with Crippen molar-refractivity contribution in [2.45, 2.75) is 31.7 Å². The molecular weight excluding hydrogens is 266 g/mol. The maximum absolute atomic E-state index is 13.0. The van der Waals surface area contributed by atoms with Gasteiger partial charge in [-0.1, -0.05) is 18.2 Å². The molecule has 5 nitrogen and oxygen atoms in total. The van der Waals surface area contributed by atoms with E-state index in [4.69, 9.17) is 0 Å². The van der Waals surface area contributed by atoms with Crippen molar-refractivity contribution in [3.63, 3.8) is 0 Å². The first kappa shape index (κ1) is 13.9. The predicted molar refractivity (Wildman–Crippen MR) is 81.1 cm³/mol. The number of anilines is 1. The smallest absolute Gasteiger partial charge is 0.245 e. The van der Waals surface area contributed by atoms with Crippen LogP contribution in [0.1, 0.15) is 31.7 Å². The van der Waals surface area contributed by atoms with Crippen LogP contribution >= 0.6 is 0 Å². The van der Waals surface area contributed by atoms with E-state index >= 15 is 0 Å². The molecule has 0 bridgehead atoms. The Morgan fingerprint density at radius 3 is 2.81 bits per heavy atom. The van der Waals surface area contributed by atoms with E-state index in [2.05, 4.69) is 10.6 Å². The fraction of sp³-hybridized carbons (Fsp3) is 0.500. The third kappa shape index (κ3) is 2.26. The van der Waals surface area contributed by atoms with Crippen molar-refractivity contribution < 1.29 is 9.59 Å². The van der Waals surface area contributed by atoms with Gasteiger partial charge >= 0.3 is 0 Å². The number of nitrogens with zero attached hydrogens (tertiary/aromatic N) is 1. The van der Waals surface area contributed by atoms with Gasteiger partial charge in [0.25, 0.3) is 0 Å². The van der Waals surface area contributed by atoms with E-state index in [1.54, 1.807) is 4.90 Å². The molecule has 21 heavy (non-hydrogen) atoms. The van der Waals surface area contributed by atoms with Gasteiger partial charge in [-0.25, -0.2) is 0 Å². The fourth-order valence-electron chi connectivity index (χ4n) is 3.20. The molecule has 1 fully saturated rings. The standard InChI is InChI=1S/C16H21N3O2/c1-16(2)15(21)18-9-10-19(16)14(20)12-7-8-17-13-6-4-3-5-11(12)13/h3-6,12,17H,7-10H2,1-2H3,(H,18,21). The first-order valence-corrected chi connectivity index (χ1v) is 7.44. The molecule has 1 aromatic rings. The van der Waals surface area contributed by atoms with Crippen molar-refractivity contribution in [1.82, 2.24) is 10.2 Å². The lowest BCUT2D eigenvalue weighted by atomic mass is 9.87. The molecule has 0 spiro atoms. The number of hydrogen-bond donors (Lipinski definition) is 2. The second-order valence-corrected chi connectivity index (χ2v) is 6.16. The van der Waals surface area contributed by atoms with Gasteiger partial charge in [0.1, 0.15) is 5.54 Å². The largest absolute Gasteiger partial charge is 0.385 e. The van der Waals surface area contributed by atoms with Gasteiger partial charge in [0, 0.05) is 25.3 Å². The number of piperazine rings is 1. The summed E-state index contributed by atoms with van der Waals surface area (Å²) in [7, 11) is 0. The monoisotopic (exact) mass is 287 g/mol. The molecule has 2 heterocycles. The van der Waals surface area contributed by atoms with E-state index in [0.717, 1.165) is 24.2 Å². The molecule has 2 N–H and O–H groups in total. The normalized spacial score (nSPS) is 23.8. The maximum atomic E-state index is 13.0. The summed E-state index contributed by atoms with van der Waals surface area (Å²) in [5.74, 6) is -0.180. The zero-order valence-electron chi connectivity index (χ0n) is 12.5. The topological polar surface area (TPSA) is 61.4 Å². The van der Waals surface area contributed by atoms with Gasteiger partial charge in [0.05, 0.1) is 5.92 Å². The van der Waals surface area contributed by atoms with Crippen molar-refractivity contribution in [3.05, 3.63) is 29.8 Å². The van der Waals surface area contributed by atoms with Gasteiger partial charge in [0.15, 0.2) is 0 Å². The SMILES string of the molecule is CC1(C)C(=O)NCCN1C(=O)C1CCNc2ccccc21. The summed E-state index contributed by atoms with van der Waals surface area (Å²) in [6.07, 6.45) is 0.768. The molecule has 1 saturated heterocycles. The molecule has 2 aliphatic heterocycles. The number of fused-ring (bicyclic) bond motifs is 1. The molecule has 2 aliphatic rings. The Hall–Kier alpha value is -2.04. The minimum atomic E-state index is -0.783. The van der Waals surface area contributed by atoms with Gasteiger partial charge in [-0.3, -0.25) is 9.59 Å². The first-order valence-electron chi connectivity index (χ1n) is 7.44. The molecule has 5 heteroatoms. The quantitative estimate of drug-likeness (QED) is 0.819. The Morgan fingerprint density at radius 2 is 2.00 bits per heavy atom. The van der Waals surface area contributed by atoms with Crippen LogP contribution in [0, 0.1) is 0 Å². The average molecular weight is 287 g/mol. The minimum Gasteiger partial charge on any atom is -0.385 e. The lowest BCUT2D eigenvalue weighted by Gasteiger charge is -2.43. The van der Waals surface area contributed by atoms with Crippen molar-refractivity contribution in [2.75, 3.05) is 25.0 Å². The van der Waals surface area contributed by atoms with E-state index in [1.807, 2.05) is 38.1 Å². The van der Waals surface area contributed by atoms with Gasteiger partial charge < -0.3 is 15.5 Å². The number of benzene rings is 1. The summed E-state index contributed by atoms with van der Waals surface area (Å²) in [5, 5.41) is 6.16. The first-order chi connectivity index (χ1) is 10.0. The van der Waals surface area contributed by atoms with Crippen LogP contribution in [0.25, 0.3) is 0 Å². The Kier molecular flexibility index (Phi) is 3.35. The third-order valence-electron chi connectivity index (χ3n) is 4.50. The highest BCUT2D eigenvalue weighted by molar-refractivity contribution is 5.94. The Bertz CT molecular complexity index is 583. The summed E-state index contributed by atoms with van der Waals surface area (Å²) < 4.78 is 0. The molecule has 1 atom stereocenters. The van der Waals surface area contributed by atoms with E-state index < -0.39 is 5.54 Å².